The van der Waals surface area contributed by atoms with Crippen LogP contribution in [0, 0.1) is 6.92 Å². The van der Waals surface area contributed by atoms with Crippen molar-refractivity contribution in [3.8, 4) is 11.4 Å². The summed E-state index contributed by atoms with van der Waals surface area (Å²) in [6.07, 6.45) is 1.94. The van der Waals surface area contributed by atoms with Gasteiger partial charge in [0.05, 0.1) is 5.02 Å². The molecule has 0 spiro atoms. The van der Waals surface area contributed by atoms with Crippen molar-refractivity contribution in [3.05, 3.63) is 39.0 Å². The first-order valence-corrected chi connectivity index (χ1v) is 8.30. The summed E-state index contributed by atoms with van der Waals surface area (Å²) >= 11 is 9.58. The van der Waals surface area contributed by atoms with Crippen LogP contribution in [0.3, 0.4) is 0 Å². The number of benzene rings is 1. The summed E-state index contributed by atoms with van der Waals surface area (Å²) in [5, 5.41) is 4.04. The highest BCUT2D eigenvalue weighted by molar-refractivity contribution is 9.10. The lowest BCUT2D eigenvalue weighted by Crippen LogP contribution is -2.08. The minimum atomic E-state index is 0.665. The Kier molecular flexibility index (Phi) is 5.59. The molecule has 0 radical (unpaired) electrons. The first kappa shape index (κ1) is 16.2. The number of nitrogens with one attached hydrogen (secondary N) is 1. The molecule has 3 nitrogen and oxygen atoms in total. The molecule has 1 heterocycles. The molecule has 0 saturated carbocycles. The zero-order chi connectivity index (χ0) is 15.4. The maximum atomic E-state index is 6.17. The monoisotopic (exact) mass is 367 g/mol. The zero-order valence-electron chi connectivity index (χ0n) is 12.5. The van der Waals surface area contributed by atoms with E-state index in [1.165, 1.54) is 0 Å². The standard InChI is InChI=1S/C16H19BrClN3/c1-4-8-19-15-10(3)14(5-2)20-16(21-15)11-6-7-12(17)13(18)9-11/h6-7,9H,4-5,8H2,1-3H3,(H,19,20,21). The van der Waals surface area contributed by atoms with E-state index < -0.39 is 0 Å². The summed E-state index contributed by atoms with van der Waals surface area (Å²) in [6.45, 7) is 7.22. The predicted molar refractivity (Wildman–Crippen MR) is 93.1 cm³/mol. The van der Waals surface area contributed by atoms with E-state index in [0.717, 1.165) is 46.5 Å². The fraction of sp³-hybridized carbons (Fsp3) is 0.375. The van der Waals surface area contributed by atoms with Crippen LogP contribution in [0.2, 0.25) is 5.02 Å². The number of rotatable bonds is 5. The van der Waals surface area contributed by atoms with Crippen molar-refractivity contribution in [2.75, 3.05) is 11.9 Å². The van der Waals surface area contributed by atoms with Gasteiger partial charge >= 0.3 is 0 Å². The highest BCUT2D eigenvalue weighted by atomic mass is 79.9. The Morgan fingerprint density at radius 1 is 1.24 bits per heavy atom. The molecule has 0 amide bonds. The average molecular weight is 369 g/mol. The van der Waals surface area contributed by atoms with Gasteiger partial charge in [-0.05, 0) is 53.9 Å². The van der Waals surface area contributed by atoms with E-state index in [-0.39, 0.29) is 0 Å². The van der Waals surface area contributed by atoms with Crippen molar-refractivity contribution in [3.63, 3.8) is 0 Å². The lowest BCUT2D eigenvalue weighted by molar-refractivity contribution is 0.936. The molecule has 0 fully saturated rings. The molecule has 2 rings (SSSR count). The van der Waals surface area contributed by atoms with Gasteiger partial charge in [0, 0.05) is 27.8 Å². The van der Waals surface area contributed by atoms with Gasteiger partial charge in [0.1, 0.15) is 5.82 Å². The van der Waals surface area contributed by atoms with E-state index in [9.17, 15) is 0 Å². The molecule has 21 heavy (non-hydrogen) atoms. The second-order valence-electron chi connectivity index (χ2n) is 4.88. The van der Waals surface area contributed by atoms with Gasteiger partial charge in [0.2, 0.25) is 0 Å². The van der Waals surface area contributed by atoms with Crippen molar-refractivity contribution in [2.24, 2.45) is 0 Å². The first-order chi connectivity index (χ1) is 10.1. The Labute approximate surface area is 139 Å². The molecule has 0 atom stereocenters. The van der Waals surface area contributed by atoms with Crippen LogP contribution >= 0.6 is 27.5 Å². The van der Waals surface area contributed by atoms with Gasteiger partial charge in [-0.15, -0.1) is 0 Å². The van der Waals surface area contributed by atoms with E-state index in [1.54, 1.807) is 0 Å². The zero-order valence-corrected chi connectivity index (χ0v) is 14.8. The summed E-state index contributed by atoms with van der Waals surface area (Å²) in [7, 11) is 0. The molecule has 0 aliphatic rings. The molecule has 0 unspecified atom stereocenters. The Morgan fingerprint density at radius 2 is 2.00 bits per heavy atom. The van der Waals surface area contributed by atoms with Gasteiger partial charge in [-0.2, -0.15) is 0 Å². The summed E-state index contributed by atoms with van der Waals surface area (Å²) in [4.78, 5) is 9.34. The maximum absolute atomic E-state index is 6.17. The number of hydrogen-bond donors (Lipinski definition) is 1. The molecule has 2 aromatic rings. The van der Waals surface area contributed by atoms with Crippen molar-refractivity contribution in [2.45, 2.75) is 33.6 Å². The van der Waals surface area contributed by atoms with Crippen LogP contribution in [0.25, 0.3) is 11.4 Å². The fourth-order valence-corrected chi connectivity index (χ4v) is 2.51. The number of nitrogens with zero attached hydrogens (tertiary/aromatic N) is 2. The van der Waals surface area contributed by atoms with Crippen molar-refractivity contribution in [1.82, 2.24) is 9.97 Å². The van der Waals surface area contributed by atoms with E-state index in [4.69, 9.17) is 11.6 Å². The van der Waals surface area contributed by atoms with Crippen LogP contribution < -0.4 is 5.32 Å². The predicted octanol–water partition coefficient (Wildman–Crippen LogP) is 5.25. The number of aryl methyl sites for hydroxylation is 1. The molecular weight excluding hydrogens is 350 g/mol. The third-order valence-electron chi connectivity index (χ3n) is 3.30. The topological polar surface area (TPSA) is 37.8 Å². The van der Waals surface area contributed by atoms with Crippen LogP contribution in [0.15, 0.2) is 22.7 Å². The largest absolute Gasteiger partial charge is 0.370 e. The summed E-state index contributed by atoms with van der Waals surface area (Å²) in [5.74, 6) is 1.63. The van der Waals surface area contributed by atoms with Gasteiger partial charge in [-0.1, -0.05) is 25.4 Å². The summed E-state index contributed by atoms with van der Waals surface area (Å²) in [5.41, 5.74) is 3.12. The van der Waals surface area contributed by atoms with Crippen molar-refractivity contribution < 1.29 is 0 Å². The van der Waals surface area contributed by atoms with Gasteiger partial charge in [0.15, 0.2) is 5.82 Å². The SMILES string of the molecule is CCCNc1nc(-c2ccc(Br)c(Cl)c2)nc(CC)c1C. The normalized spacial score (nSPS) is 10.7. The van der Waals surface area contributed by atoms with Gasteiger partial charge < -0.3 is 5.32 Å². The second kappa shape index (κ2) is 7.23. The van der Waals surface area contributed by atoms with Crippen LogP contribution in [0.4, 0.5) is 5.82 Å². The molecular formula is C16H19BrClN3. The van der Waals surface area contributed by atoms with Crippen LogP contribution in [-0.2, 0) is 6.42 Å². The highest BCUT2D eigenvalue weighted by Crippen LogP contribution is 2.29. The van der Waals surface area contributed by atoms with E-state index in [1.807, 2.05) is 18.2 Å². The van der Waals surface area contributed by atoms with Crippen LogP contribution in [0.1, 0.15) is 31.5 Å². The van der Waals surface area contributed by atoms with Crippen molar-refractivity contribution >= 4 is 33.3 Å². The minimum absolute atomic E-state index is 0.665. The number of anilines is 1. The average Bonchev–Trinajstić information content (AvgIpc) is 2.49. The molecule has 0 saturated heterocycles. The first-order valence-electron chi connectivity index (χ1n) is 7.13. The van der Waals surface area contributed by atoms with E-state index in [0.29, 0.717) is 10.8 Å². The van der Waals surface area contributed by atoms with E-state index in [2.05, 4.69) is 52.0 Å². The molecule has 0 bridgehead atoms. The molecule has 112 valence electrons. The molecule has 5 heteroatoms. The van der Waals surface area contributed by atoms with Gasteiger partial charge in [0.25, 0.3) is 0 Å². The Hall–Kier alpha value is -1.13. The molecule has 0 aliphatic heterocycles. The number of hydrogen-bond acceptors (Lipinski definition) is 3. The Morgan fingerprint density at radius 3 is 2.62 bits per heavy atom. The van der Waals surface area contributed by atoms with E-state index >= 15 is 0 Å². The van der Waals surface area contributed by atoms with Crippen molar-refractivity contribution in [1.29, 1.82) is 0 Å². The lowest BCUT2D eigenvalue weighted by Gasteiger charge is -2.13. The molecule has 1 aromatic carbocycles. The summed E-state index contributed by atoms with van der Waals surface area (Å²) in [6, 6.07) is 5.79. The fourth-order valence-electron chi connectivity index (χ4n) is 2.09. The van der Waals surface area contributed by atoms with Gasteiger partial charge in [-0.25, -0.2) is 9.97 Å². The quantitative estimate of drug-likeness (QED) is 0.783. The second-order valence-corrected chi connectivity index (χ2v) is 6.14. The molecule has 1 aromatic heterocycles. The Balaban J connectivity index is 2.49. The van der Waals surface area contributed by atoms with Gasteiger partial charge in [-0.3, -0.25) is 0 Å². The number of aromatic nitrogens is 2. The molecule has 0 aliphatic carbocycles. The van der Waals surface area contributed by atoms with Crippen LogP contribution in [-0.4, -0.2) is 16.5 Å². The third kappa shape index (κ3) is 3.74. The number of halogens is 2. The smallest absolute Gasteiger partial charge is 0.161 e. The third-order valence-corrected chi connectivity index (χ3v) is 4.53. The Bertz CT molecular complexity index is 644. The lowest BCUT2D eigenvalue weighted by atomic mass is 10.1. The maximum Gasteiger partial charge on any atom is 0.161 e. The molecule has 1 N–H and O–H groups in total. The summed E-state index contributed by atoms with van der Waals surface area (Å²) < 4.78 is 0.875. The minimum Gasteiger partial charge on any atom is -0.370 e. The highest BCUT2D eigenvalue weighted by Gasteiger charge is 2.12. The van der Waals surface area contributed by atoms with Crippen LogP contribution in [0.5, 0.6) is 0 Å².